The van der Waals surface area contributed by atoms with Gasteiger partial charge in [-0.05, 0) is 22.6 Å². The predicted molar refractivity (Wildman–Crippen MR) is 179 cm³/mol. The van der Waals surface area contributed by atoms with Crippen molar-refractivity contribution < 1.29 is 22.2 Å². The minimum absolute atomic E-state index is 0. The summed E-state index contributed by atoms with van der Waals surface area (Å²) in [6.07, 6.45) is 6.92. The van der Waals surface area contributed by atoms with E-state index in [-0.39, 0.29) is 23.0 Å². The maximum absolute atomic E-state index is 10.3. The Hall–Kier alpha value is -5.21. The molecule has 1 aliphatic carbocycles. The molecule has 0 atom stereocenters. The van der Waals surface area contributed by atoms with E-state index in [1.807, 2.05) is 0 Å². The van der Waals surface area contributed by atoms with Gasteiger partial charge in [0.15, 0.2) is 0 Å². The van der Waals surface area contributed by atoms with Crippen LogP contribution in [0.25, 0.3) is 55.6 Å². The third kappa shape index (κ3) is 6.40. The van der Waals surface area contributed by atoms with Crippen LogP contribution in [0.15, 0.2) is 187 Å². The summed E-state index contributed by atoms with van der Waals surface area (Å²) in [5, 5.41) is 10.3. The van der Waals surface area contributed by atoms with Gasteiger partial charge in [-0.1, -0.05) is 220 Å². The van der Waals surface area contributed by atoms with Crippen molar-refractivity contribution in [2.75, 3.05) is 0 Å². The number of nitrogens with two attached hydrogens (primary N) is 1. The van der Waals surface area contributed by atoms with Crippen LogP contribution in [0.4, 0.5) is 0 Å². The number of benzene rings is 5. The second kappa shape index (κ2) is 14.3. The predicted octanol–water partition coefficient (Wildman–Crippen LogP) is 9.38. The zero-order chi connectivity index (χ0) is 29.4. The first-order chi connectivity index (χ1) is 21.2. The molecular weight excluding hydrogens is 578 g/mol. The topological polar surface area (TPSA) is 49.1 Å². The van der Waals surface area contributed by atoms with Crippen LogP contribution >= 0.6 is 0 Å². The third-order valence-electron chi connectivity index (χ3n) is 7.51. The van der Waals surface area contributed by atoms with Gasteiger partial charge in [0.25, 0.3) is 0 Å². The first-order valence-electron chi connectivity index (χ1n) is 14.4. The van der Waals surface area contributed by atoms with E-state index in [2.05, 4.69) is 152 Å². The molecule has 2 N–H and O–H groups in total. The largest absolute Gasteiger partial charge is 2.00 e. The van der Waals surface area contributed by atoms with Crippen molar-refractivity contribution in [2.45, 2.75) is 0 Å². The molecule has 1 aliphatic rings. The Morgan fingerprint density at radius 3 is 1.09 bits per heavy atom. The van der Waals surface area contributed by atoms with Crippen LogP contribution in [0.5, 0.6) is 0 Å². The van der Waals surface area contributed by atoms with Gasteiger partial charge >= 0.3 is 17.1 Å². The Kier molecular flexibility index (Phi) is 9.84. The molecule has 0 saturated carbocycles. The monoisotopic (exact) mass is 609 g/mol. The van der Waals surface area contributed by atoms with Crippen LogP contribution in [0.1, 0.15) is 0 Å². The van der Waals surface area contributed by atoms with E-state index in [1.54, 1.807) is 24.3 Å². The van der Waals surface area contributed by atoms with Gasteiger partial charge in [-0.15, -0.1) is 0 Å². The van der Waals surface area contributed by atoms with Crippen LogP contribution in [-0.2, 0) is 17.1 Å². The summed E-state index contributed by atoms with van der Waals surface area (Å²) < 4.78 is 0. The number of allylic oxidation sites excluding steroid dienone is 5. The van der Waals surface area contributed by atoms with Gasteiger partial charge in [-0.2, -0.15) is 0 Å². The summed E-state index contributed by atoms with van der Waals surface area (Å²) >= 11 is 0. The van der Waals surface area contributed by atoms with Crippen molar-refractivity contribution in [3.63, 3.8) is 0 Å². The third-order valence-corrected chi connectivity index (χ3v) is 7.51. The molecule has 214 valence electrons. The van der Waals surface area contributed by atoms with E-state index in [1.165, 1.54) is 55.6 Å². The van der Waals surface area contributed by atoms with Crippen molar-refractivity contribution in [1.29, 1.82) is 0 Å². The molecule has 0 aliphatic heterocycles. The fourth-order valence-electron chi connectivity index (χ4n) is 5.63. The van der Waals surface area contributed by atoms with Gasteiger partial charge in [0, 0.05) is 0 Å². The molecular formula is C41H31FeNO. The Morgan fingerprint density at radius 2 is 0.773 bits per heavy atom. The second-order valence-electron chi connectivity index (χ2n) is 10.2. The Labute approximate surface area is 270 Å². The Balaban J connectivity index is 0.000000373. The van der Waals surface area contributed by atoms with Gasteiger partial charge in [-0.25, -0.2) is 0 Å². The molecule has 0 amide bonds. The summed E-state index contributed by atoms with van der Waals surface area (Å²) in [6.45, 7) is 0. The molecule has 6 aromatic carbocycles. The standard InChI is InChI=1S/C35H25.C6H7NO.Fe/c1-6-16-26(17-7-1)31-32(27-18-8-2-9-19-27)34(29-22-12-4-13-23-29)35(30-24-14-5-15-25-30)33(31)28-20-10-3-11-21-28;7-6(8)5-3-1-2-4-5;/h1-25H;1-4,8H,7H2;/q-1;;+2/p-1. The molecule has 7 rings (SSSR count). The molecule has 0 heterocycles. The Morgan fingerprint density at radius 1 is 0.455 bits per heavy atom. The first-order valence-corrected chi connectivity index (χ1v) is 14.4. The van der Waals surface area contributed by atoms with Gasteiger partial charge in [0.1, 0.15) is 0 Å². The van der Waals surface area contributed by atoms with Crippen LogP contribution < -0.4 is 10.8 Å². The molecule has 0 spiro atoms. The molecule has 3 heteroatoms. The summed E-state index contributed by atoms with van der Waals surface area (Å²) in [6, 6.07) is 54.1. The molecule has 0 radical (unpaired) electrons. The minimum Gasteiger partial charge on any atom is -0.860 e. The van der Waals surface area contributed by atoms with Crippen molar-refractivity contribution in [3.05, 3.63) is 187 Å². The summed E-state index contributed by atoms with van der Waals surface area (Å²) in [5.41, 5.74) is 18.0. The normalized spacial score (nSPS) is 11.4. The molecule has 0 saturated heterocycles. The van der Waals surface area contributed by atoms with E-state index in [4.69, 9.17) is 5.73 Å². The van der Waals surface area contributed by atoms with E-state index in [9.17, 15) is 5.11 Å². The average molecular weight is 610 g/mol. The van der Waals surface area contributed by atoms with Crippen molar-refractivity contribution in [2.24, 2.45) is 5.73 Å². The maximum Gasteiger partial charge on any atom is 2.00 e. The maximum atomic E-state index is 10.3. The van der Waals surface area contributed by atoms with Gasteiger partial charge in [0.2, 0.25) is 0 Å². The fraction of sp³-hybridized carbons (Fsp3) is 0. The first kappa shape index (κ1) is 30.3. The fourth-order valence-corrected chi connectivity index (χ4v) is 5.63. The summed E-state index contributed by atoms with van der Waals surface area (Å²) in [5.74, 6) is -0.366. The van der Waals surface area contributed by atoms with Crippen LogP contribution in [0.2, 0.25) is 0 Å². The number of hydrogen-bond acceptors (Lipinski definition) is 2. The van der Waals surface area contributed by atoms with Gasteiger partial charge in [-0.3, -0.25) is 0 Å². The zero-order valence-electron chi connectivity index (χ0n) is 24.1. The molecule has 2 nitrogen and oxygen atoms in total. The zero-order valence-corrected chi connectivity index (χ0v) is 25.2. The van der Waals surface area contributed by atoms with Crippen molar-refractivity contribution in [1.82, 2.24) is 0 Å². The molecule has 0 bridgehead atoms. The van der Waals surface area contributed by atoms with Crippen LogP contribution in [0, 0.1) is 0 Å². The molecule has 44 heavy (non-hydrogen) atoms. The number of hydrogen-bond donors (Lipinski definition) is 1. The van der Waals surface area contributed by atoms with Crippen LogP contribution in [-0.4, -0.2) is 0 Å². The smallest absolute Gasteiger partial charge is 0.860 e. The average Bonchev–Trinajstić information content (AvgIpc) is 3.75. The number of rotatable bonds is 5. The van der Waals surface area contributed by atoms with Gasteiger partial charge in [0.05, 0.1) is 0 Å². The van der Waals surface area contributed by atoms with E-state index in [0.717, 1.165) is 0 Å². The van der Waals surface area contributed by atoms with E-state index in [0.29, 0.717) is 5.57 Å². The summed E-state index contributed by atoms with van der Waals surface area (Å²) in [4.78, 5) is 0. The van der Waals surface area contributed by atoms with Crippen LogP contribution in [0.3, 0.4) is 0 Å². The molecule has 0 aromatic heterocycles. The molecule has 0 unspecified atom stereocenters. The van der Waals surface area contributed by atoms with E-state index >= 15 is 0 Å². The SMILES string of the molecule is NC([O-])=C1C=CC=C1.[Fe+2].c1ccc(-c2c(-c3ccccc3)c(-c3ccccc3)[c-](-c3ccccc3)c2-c2ccccc2)cc1. The minimum atomic E-state index is -0.366. The van der Waals surface area contributed by atoms with Crippen molar-refractivity contribution in [3.8, 4) is 55.6 Å². The van der Waals surface area contributed by atoms with E-state index < -0.39 is 0 Å². The van der Waals surface area contributed by atoms with Crippen molar-refractivity contribution >= 4 is 0 Å². The quantitative estimate of drug-likeness (QED) is 0.120. The summed E-state index contributed by atoms with van der Waals surface area (Å²) in [7, 11) is 0. The molecule has 6 aromatic rings. The second-order valence-corrected chi connectivity index (χ2v) is 10.2. The Bertz CT molecular complexity index is 1570. The molecule has 0 fully saturated rings. The van der Waals surface area contributed by atoms with Gasteiger partial charge < -0.3 is 10.8 Å².